The van der Waals surface area contributed by atoms with Gasteiger partial charge in [-0.05, 0) is 66.8 Å². The van der Waals surface area contributed by atoms with E-state index in [1.54, 1.807) is 12.1 Å². The van der Waals surface area contributed by atoms with Crippen LogP contribution in [0.4, 0.5) is 5.69 Å². The monoisotopic (exact) mass is 540 g/mol. The number of rotatable bonds is 10. The van der Waals surface area contributed by atoms with Crippen molar-refractivity contribution in [3.05, 3.63) is 89.5 Å². The second kappa shape index (κ2) is 12.2. The summed E-state index contributed by atoms with van der Waals surface area (Å²) in [6, 6.07) is 21.4. The molecular formula is C32H36N4O4. The number of carbonyl (C=O) groups excluding carboxylic acids is 1. The van der Waals surface area contributed by atoms with E-state index < -0.39 is 17.9 Å². The third-order valence-corrected chi connectivity index (χ3v) is 6.94. The number of aliphatic carboxylic acids is 1. The van der Waals surface area contributed by atoms with Gasteiger partial charge in [-0.15, -0.1) is 0 Å². The fourth-order valence-corrected chi connectivity index (χ4v) is 4.45. The van der Waals surface area contributed by atoms with Crippen LogP contribution < -0.4 is 10.2 Å². The van der Waals surface area contributed by atoms with Gasteiger partial charge in [0.15, 0.2) is 0 Å². The molecule has 4 rings (SSSR count). The predicted octanol–water partition coefficient (Wildman–Crippen LogP) is 5.97. The molecule has 4 aromatic rings. The lowest BCUT2D eigenvalue weighted by Gasteiger charge is -2.20. The Morgan fingerprint density at radius 3 is 2.05 bits per heavy atom. The van der Waals surface area contributed by atoms with Crippen molar-refractivity contribution >= 4 is 17.6 Å². The number of nitrogens with one attached hydrogen (secondary N) is 1. The molecule has 0 bridgehead atoms. The number of hydrogen-bond donors (Lipinski definition) is 2. The number of amides is 1. The third kappa shape index (κ3) is 6.75. The highest BCUT2D eigenvalue weighted by Gasteiger charge is 2.22. The molecule has 3 aromatic carbocycles. The molecule has 0 aliphatic carbocycles. The van der Waals surface area contributed by atoms with Gasteiger partial charge < -0.3 is 19.8 Å². The molecule has 40 heavy (non-hydrogen) atoms. The van der Waals surface area contributed by atoms with E-state index in [1.165, 1.54) is 0 Å². The number of carboxylic acid groups (broad SMARTS) is 1. The van der Waals surface area contributed by atoms with Crippen LogP contribution in [0.3, 0.4) is 0 Å². The molecule has 8 nitrogen and oxygen atoms in total. The van der Waals surface area contributed by atoms with Crippen molar-refractivity contribution in [2.45, 2.75) is 52.5 Å². The van der Waals surface area contributed by atoms with Gasteiger partial charge in [0, 0.05) is 41.9 Å². The number of benzene rings is 3. The molecule has 0 saturated heterocycles. The second-order valence-corrected chi connectivity index (χ2v) is 10.7. The van der Waals surface area contributed by atoms with Crippen LogP contribution >= 0.6 is 0 Å². The lowest BCUT2D eigenvalue weighted by Crippen LogP contribution is -2.42. The molecule has 1 aromatic heterocycles. The summed E-state index contributed by atoms with van der Waals surface area (Å²) in [6.07, 6.45) is 0.137. The first-order valence-electron chi connectivity index (χ1n) is 13.5. The Bertz CT molecular complexity index is 1430. The van der Waals surface area contributed by atoms with Gasteiger partial charge in [-0.3, -0.25) is 4.79 Å². The molecule has 208 valence electrons. The highest BCUT2D eigenvalue weighted by atomic mass is 16.5. The van der Waals surface area contributed by atoms with Crippen molar-refractivity contribution in [1.82, 2.24) is 15.5 Å². The Labute approximate surface area is 235 Å². The number of anilines is 1. The molecule has 0 aliphatic heterocycles. The smallest absolute Gasteiger partial charge is 0.326 e. The second-order valence-electron chi connectivity index (χ2n) is 10.7. The van der Waals surface area contributed by atoms with Crippen molar-refractivity contribution in [3.8, 4) is 22.8 Å². The van der Waals surface area contributed by atoms with Crippen LogP contribution in [0.5, 0.6) is 0 Å². The summed E-state index contributed by atoms with van der Waals surface area (Å²) in [6.45, 7) is 12.4. The van der Waals surface area contributed by atoms with Gasteiger partial charge in [-0.1, -0.05) is 62.3 Å². The summed E-state index contributed by atoms with van der Waals surface area (Å²) in [7, 11) is 0. The predicted molar refractivity (Wildman–Crippen MR) is 156 cm³/mol. The zero-order valence-corrected chi connectivity index (χ0v) is 23.6. The fraction of sp³-hybridized carbons (Fsp3) is 0.312. The topological polar surface area (TPSA) is 109 Å². The van der Waals surface area contributed by atoms with E-state index in [0.29, 0.717) is 17.3 Å². The molecule has 0 aliphatic rings. The van der Waals surface area contributed by atoms with Crippen LogP contribution in [0.15, 0.2) is 77.3 Å². The summed E-state index contributed by atoms with van der Waals surface area (Å²) in [5.74, 6) is -0.655. The molecule has 2 N–H and O–H groups in total. The van der Waals surface area contributed by atoms with Gasteiger partial charge in [0.05, 0.1) is 0 Å². The summed E-state index contributed by atoms with van der Waals surface area (Å²) in [4.78, 5) is 31.5. The molecule has 0 spiro atoms. The van der Waals surface area contributed by atoms with E-state index in [2.05, 4.69) is 55.0 Å². The first-order valence-corrected chi connectivity index (χ1v) is 13.5. The highest BCUT2D eigenvalue weighted by molar-refractivity contribution is 5.96. The minimum atomic E-state index is -1.10. The molecule has 0 fully saturated rings. The maximum absolute atomic E-state index is 12.7. The minimum Gasteiger partial charge on any atom is -0.480 e. The van der Waals surface area contributed by atoms with Crippen molar-refractivity contribution in [2.75, 3.05) is 18.0 Å². The minimum absolute atomic E-state index is 0.0371. The maximum atomic E-state index is 12.7. The first kappa shape index (κ1) is 28.5. The Hall–Kier alpha value is -4.46. The van der Waals surface area contributed by atoms with Crippen molar-refractivity contribution in [3.63, 3.8) is 0 Å². The van der Waals surface area contributed by atoms with Crippen molar-refractivity contribution < 1.29 is 19.2 Å². The quantitative estimate of drug-likeness (QED) is 0.255. The van der Waals surface area contributed by atoms with Crippen molar-refractivity contribution in [1.29, 1.82) is 0 Å². The van der Waals surface area contributed by atoms with E-state index in [-0.39, 0.29) is 11.8 Å². The lowest BCUT2D eigenvalue weighted by molar-refractivity contribution is -0.139. The van der Waals surface area contributed by atoms with Gasteiger partial charge in [0.25, 0.3) is 11.8 Å². The molecule has 0 radical (unpaired) electrons. The van der Waals surface area contributed by atoms with Crippen LogP contribution in [-0.2, 0) is 16.6 Å². The summed E-state index contributed by atoms with van der Waals surface area (Å²) >= 11 is 0. The molecule has 0 saturated carbocycles. The molecule has 1 unspecified atom stereocenters. The average molecular weight is 541 g/mol. The molecule has 8 heteroatoms. The fourth-order valence-electron chi connectivity index (χ4n) is 4.45. The van der Waals surface area contributed by atoms with Crippen LogP contribution in [0.1, 0.15) is 56.1 Å². The Balaban J connectivity index is 1.41. The van der Waals surface area contributed by atoms with E-state index in [1.807, 2.05) is 60.7 Å². The number of carboxylic acids is 1. The Kier molecular flexibility index (Phi) is 8.67. The summed E-state index contributed by atoms with van der Waals surface area (Å²) < 4.78 is 5.50. The van der Waals surface area contributed by atoms with Gasteiger partial charge in [0.2, 0.25) is 5.82 Å². The normalized spacial score (nSPS) is 12.1. The largest absolute Gasteiger partial charge is 0.480 e. The average Bonchev–Trinajstić information content (AvgIpc) is 3.44. The van der Waals surface area contributed by atoms with Gasteiger partial charge >= 0.3 is 5.97 Å². The number of hydrogen-bond acceptors (Lipinski definition) is 6. The highest BCUT2D eigenvalue weighted by Crippen LogP contribution is 2.25. The van der Waals surface area contributed by atoms with E-state index >= 15 is 0 Å². The Morgan fingerprint density at radius 2 is 1.50 bits per heavy atom. The molecular weight excluding hydrogens is 504 g/mol. The third-order valence-electron chi connectivity index (χ3n) is 6.94. The van der Waals surface area contributed by atoms with E-state index in [9.17, 15) is 14.7 Å². The van der Waals surface area contributed by atoms with E-state index in [4.69, 9.17) is 4.52 Å². The SMILES string of the molecule is CCN(CC)c1ccc(-c2nc(-c3ccc(CC(NC(=O)c4ccc(C(C)(C)C)cc4)C(=O)O)cc3)no2)cc1. The maximum Gasteiger partial charge on any atom is 0.326 e. The molecule has 1 amide bonds. The van der Waals surface area contributed by atoms with Gasteiger partial charge in [0.1, 0.15) is 6.04 Å². The van der Waals surface area contributed by atoms with Gasteiger partial charge in [-0.25, -0.2) is 4.79 Å². The molecule has 1 heterocycles. The number of nitrogens with zero attached hydrogens (tertiary/aromatic N) is 3. The summed E-state index contributed by atoms with van der Waals surface area (Å²) in [5.41, 5.74) is 4.96. The van der Waals surface area contributed by atoms with E-state index in [0.717, 1.165) is 41.0 Å². The van der Waals surface area contributed by atoms with Crippen LogP contribution in [0.25, 0.3) is 22.8 Å². The lowest BCUT2D eigenvalue weighted by atomic mass is 9.86. The molecule has 1 atom stereocenters. The zero-order chi connectivity index (χ0) is 28.9. The van der Waals surface area contributed by atoms with Crippen LogP contribution in [0.2, 0.25) is 0 Å². The zero-order valence-electron chi connectivity index (χ0n) is 23.6. The van der Waals surface area contributed by atoms with Crippen molar-refractivity contribution in [2.24, 2.45) is 0 Å². The van der Waals surface area contributed by atoms with Crippen LogP contribution in [-0.4, -0.2) is 46.3 Å². The summed E-state index contributed by atoms with van der Waals surface area (Å²) in [5, 5.41) is 16.5. The number of aromatic nitrogens is 2. The van der Waals surface area contributed by atoms with Crippen LogP contribution in [0, 0.1) is 0 Å². The van der Waals surface area contributed by atoms with Gasteiger partial charge in [-0.2, -0.15) is 4.98 Å². The number of carbonyl (C=O) groups is 2. The standard InChI is InChI=1S/C32H36N4O4/c1-6-36(7-2)26-18-14-24(15-19-26)30-34-28(35-40-30)22-10-8-21(9-11-22)20-27(31(38)39)33-29(37)23-12-16-25(17-13-23)32(3,4)5/h8-19,27H,6-7,20H2,1-5H3,(H,33,37)(H,38,39). The Morgan fingerprint density at radius 1 is 0.900 bits per heavy atom. The first-order chi connectivity index (χ1) is 19.1.